The largest absolute Gasteiger partial charge is 0.323 e. The minimum atomic E-state index is -3.29. The zero-order chi connectivity index (χ0) is 19.8. The molecular formula is C19H23N5O2S. The van der Waals surface area contributed by atoms with E-state index in [0.29, 0.717) is 23.0 Å². The van der Waals surface area contributed by atoms with Crippen LogP contribution in [0.5, 0.6) is 0 Å². The van der Waals surface area contributed by atoms with Gasteiger partial charge in [0.2, 0.25) is 0 Å². The molecule has 3 aromatic rings. The molecule has 0 spiro atoms. The van der Waals surface area contributed by atoms with Crippen LogP contribution in [-0.2, 0) is 16.3 Å². The highest BCUT2D eigenvalue weighted by molar-refractivity contribution is 7.90. The number of sulfone groups is 1. The van der Waals surface area contributed by atoms with Gasteiger partial charge in [-0.05, 0) is 56.5 Å². The summed E-state index contributed by atoms with van der Waals surface area (Å²) in [5, 5.41) is 10.3. The first-order valence-corrected chi connectivity index (χ1v) is 10.4. The highest BCUT2D eigenvalue weighted by atomic mass is 32.2. The van der Waals surface area contributed by atoms with E-state index in [1.807, 2.05) is 33.8 Å². The van der Waals surface area contributed by atoms with E-state index in [9.17, 15) is 8.42 Å². The Bertz CT molecular complexity index is 1100. The summed E-state index contributed by atoms with van der Waals surface area (Å²) in [5.74, 6) is 1.98. The van der Waals surface area contributed by atoms with Crippen molar-refractivity contribution in [1.29, 1.82) is 0 Å². The Balaban J connectivity index is 1.91. The number of aryl methyl sites for hydroxylation is 2. The summed E-state index contributed by atoms with van der Waals surface area (Å²) in [5.41, 5.74) is 4.56. The van der Waals surface area contributed by atoms with Crippen LogP contribution in [0, 0.1) is 27.7 Å². The summed E-state index contributed by atoms with van der Waals surface area (Å²) in [4.78, 5) is 9.24. The zero-order valence-corrected chi connectivity index (χ0v) is 16.9. The lowest BCUT2D eigenvalue weighted by atomic mass is 10.0. The molecule has 0 bridgehead atoms. The fraction of sp³-hybridized carbons (Fsp3) is 0.316. The predicted octanol–water partition coefficient (Wildman–Crippen LogP) is 3.17. The van der Waals surface area contributed by atoms with Gasteiger partial charge in [0.1, 0.15) is 11.6 Å². The van der Waals surface area contributed by atoms with Gasteiger partial charge in [-0.2, -0.15) is 5.10 Å². The van der Waals surface area contributed by atoms with Crippen molar-refractivity contribution in [2.75, 3.05) is 11.6 Å². The molecule has 0 atom stereocenters. The van der Waals surface area contributed by atoms with Crippen molar-refractivity contribution in [3.05, 3.63) is 58.2 Å². The molecule has 0 aliphatic rings. The first-order valence-electron chi connectivity index (χ1n) is 8.56. The number of nitrogens with zero attached hydrogens (tertiary/aromatic N) is 3. The van der Waals surface area contributed by atoms with Gasteiger partial charge >= 0.3 is 0 Å². The average Bonchev–Trinajstić information content (AvgIpc) is 2.89. The Morgan fingerprint density at radius 2 is 1.85 bits per heavy atom. The Morgan fingerprint density at radius 1 is 1.11 bits per heavy atom. The number of hydrogen-bond acceptors (Lipinski definition) is 6. The summed E-state index contributed by atoms with van der Waals surface area (Å²) in [6, 6.07) is 5.46. The van der Waals surface area contributed by atoms with Crippen molar-refractivity contribution < 1.29 is 8.42 Å². The smallest absolute Gasteiger partial charge is 0.175 e. The second kappa shape index (κ2) is 7.11. The van der Waals surface area contributed by atoms with Gasteiger partial charge in [-0.25, -0.2) is 18.4 Å². The SMILES string of the molecule is Cc1cc(Cc2nccc(Nc3n[nH]c(C)c3C)n2)c(C)c(S(C)(=O)=O)c1. The molecule has 1 aromatic carbocycles. The maximum absolute atomic E-state index is 12.1. The number of aromatic amines is 1. The van der Waals surface area contributed by atoms with Crippen LogP contribution in [0.25, 0.3) is 0 Å². The maximum atomic E-state index is 12.1. The number of H-pyrrole nitrogens is 1. The van der Waals surface area contributed by atoms with Gasteiger partial charge in [-0.15, -0.1) is 0 Å². The molecule has 0 radical (unpaired) electrons. The van der Waals surface area contributed by atoms with Crippen LogP contribution in [0.1, 0.15) is 33.8 Å². The third kappa shape index (κ3) is 4.16. The van der Waals surface area contributed by atoms with Crippen LogP contribution in [0.15, 0.2) is 29.3 Å². The third-order valence-corrected chi connectivity index (χ3v) is 5.79. The molecule has 0 aliphatic carbocycles. The normalized spacial score (nSPS) is 11.6. The van der Waals surface area contributed by atoms with Crippen molar-refractivity contribution in [3.8, 4) is 0 Å². The molecule has 2 heterocycles. The molecule has 27 heavy (non-hydrogen) atoms. The van der Waals surface area contributed by atoms with E-state index in [1.165, 1.54) is 6.26 Å². The molecular weight excluding hydrogens is 362 g/mol. The first kappa shape index (κ1) is 19.0. The van der Waals surface area contributed by atoms with E-state index in [-0.39, 0.29) is 0 Å². The monoisotopic (exact) mass is 385 g/mol. The predicted molar refractivity (Wildman–Crippen MR) is 105 cm³/mol. The minimum Gasteiger partial charge on any atom is -0.323 e. The Morgan fingerprint density at radius 3 is 2.48 bits per heavy atom. The molecule has 0 saturated heterocycles. The molecule has 2 N–H and O–H groups in total. The number of hydrogen-bond donors (Lipinski definition) is 2. The summed E-state index contributed by atoms with van der Waals surface area (Å²) < 4.78 is 24.1. The first-order chi connectivity index (χ1) is 12.6. The van der Waals surface area contributed by atoms with Crippen molar-refractivity contribution >= 4 is 21.5 Å². The van der Waals surface area contributed by atoms with Gasteiger partial charge in [-0.1, -0.05) is 6.07 Å². The van der Waals surface area contributed by atoms with Crippen LogP contribution in [0.3, 0.4) is 0 Å². The van der Waals surface area contributed by atoms with Crippen molar-refractivity contribution in [2.24, 2.45) is 0 Å². The van der Waals surface area contributed by atoms with E-state index in [1.54, 1.807) is 18.3 Å². The molecule has 8 heteroatoms. The molecule has 0 unspecified atom stereocenters. The highest BCUT2D eigenvalue weighted by Crippen LogP contribution is 2.24. The van der Waals surface area contributed by atoms with E-state index in [4.69, 9.17) is 0 Å². The van der Waals surface area contributed by atoms with E-state index in [2.05, 4.69) is 25.5 Å². The van der Waals surface area contributed by atoms with Crippen LogP contribution in [0.4, 0.5) is 11.6 Å². The summed E-state index contributed by atoms with van der Waals surface area (Å²) in [6.07, 6.45) is 3.36. The second-order valence-electron chi connectivity index (χ2n) is 6.80. The lowest BCUT2D eigenvalue weighted by molar-refractivity contribution is 0.601. The van der Waals surface area contributed by atoms with Crippen LogP contribution < -0.4 is 5.32 Å². The number of nitrogens with one attached hydrogen (secondary N) is 2. The minimum absolute atomic E-state index is 0.356. The van der Waals surface area contributed by atoms with E-state index < -0.39 is 9.84 Å². The topological polar surface area (TPSA) is 101 Å². The number of benzene rings is 1. The van der Waals surface area contributed by atoms with Crippen LogP contribution in [0.2, 0.25) is 0 Å². The van der Waals surface area contributed by atoms with Gasteiger partial charge in [-0.3, -0.25) is 5.10 Å². The molecule has 0 fully saturated rings. The Labute approximate surface area is 159 Å². The van der Waals surface area contributed by atoms with Gasteiger partial charge < -0.3 is 5.32 Å². The van der Waals surface area contributed by atoms with E-state index >= 15 is 0 Å². The second-order valence-corrected chi connectivity index (χ2v) is 8.79. The number of anilines is 2. The lowest BCUT2D eigenvalue weighted by Gasteiger charge is -2.12. The maximum Gasteiger partial charge on any atom is 0.175 e. The van der Waals surface area contributed by atoms with E-state index in [0.717, 1.165) is 33.8 Å². The molecule has 0 saturated carbocycles. The quantitative estimate of drug-likeness (QED) is 0.700. The Kier molecular flexibility index (Phi) is 5.01. The molecule has 0 aliphatic heterocycles. The van der Waals surface area contributed by atoms with Gasteiger partial charge in [0.05, 0.1) is 4.90 Å². The van der Waals surface area contributed by atoms with Gasteiger partial charge in [0.15, 0.2) is 15.7 Å². The van der Waals surface area contributed by atoms with Gasteiger partial charge in [0, 0.05) is 30.1 Å². The highest BCUT2D eigenvalue weighted by Gasteiger charge is 2.16. The van der Waals surface area contributed by atoms with Crippen molar-refractivity contribution in [1.82, 2.24) is 20.2 Å². The van der Waals surface area contributed by atoms with Crippen molar-refractivity contribution in [2.45, 2.75) is 39.0 Å². The molecule has 142 valence electrons. The summed E-state index contributed by atoms with van der Waals surface area (Å²) in [7, 11) is -3.29. The van der Waals surface area contributed by atoms with Crippen molar-refractivity contribution in [3.63, 3.8) is 0 Å². The zero-order valence-electron chi connectivity index (χ0n) is 16.1. The number of aromatic nitrogens is 4. The van der Waals surface area contributed by atoms with Gasteiger partial charge in [0.25, 0.3) is 0 Å². The number of rotatable bonds is 5. The Hall–Kier alpha value is -2.74. The fourth-order valence-corrected chi connectivity index (χ4v) is 4.01. The molecule has 0 amide bonds. The van der Waals surface area contributed by atoms with Crippen LogP contribution in [-0.4, -0.2) is 34.8 Å². The molecule has 2 aromatic heterocycles. The average molecular weight is 385 g/mol. The summed E-state index contributed by atoms with van der Waals surface area (Å²) >= 11 is 0. The standard InChI is InChI=1S/C19H23N5O2S/c1-11-8-15(13(3)16(9-11)27(5,25)26)10-18-20-7-6-17(21-18)22-19-12(2)14(4)23-24-19/h6-9H,10H2,1-5H3,(H2,20,21,22,23,24). The lowest BCUT2D eigenvalue weighted by Crippen LogP contribution is -2.06. The fourth-order valence-electron chi connectivity index (χ4n) is 2.92. The summed E-state index contributed by atoms with van der Waals surface area (Å²) in [6.45, 7) is 7.65. The molecule has 3 rings (SSSR count). The van der Waals surface area contributed by atoms with Crippen LogP contribution >= 0.6 is 0 Å². The molecule has 7 nitrogen and oxygen atoms in total. The third-order valence-electron chi connectivity index (χ3n) is 4.57.